The maximum atomic E-state index is 3.72. The molecule has 0 radical (unpaired) electrons. The van der Waals surface area contributed by atoms with Crippen LogP contribution in [0.2, 0.25) is 0 Å². The first-order valence-electron chi connectivity index (χ1n) is 7.70. The predicted octanol–water partition coefficient (Wildman–Crippen LogP) is 4.12. The molecule has 0 bridgehead atoms. The van der Waals surface area contributed by atoms with Crippen molar-refractivity contribution in [3.63, 3.8) is 0 Å². The van der Waals surface area contributed by atoms with E-state index in [4.69, 9.17) is 0 Å². The fourth-order valence-corrected chi connectivity index (χ4v) is 4.35. The molecule has 1 heterocycles. The number of benzene rings is 1. The van der Waals surface area contributed by atoms with Crippen LogP contribution in [0.25, 0.3) is 0 Å². The molecule has 1 nitrogen and oxygen atoms in total. The largest absolute Gasteiger partial charge is 0.314 e. The van der Waals surface area contributed by atoms with Gasteiger partial charge in [-0.1, -0.05) is 32.0 Å². The lowest BCUT2D eigenvalue weighted by Gasteiger charge is -2.24. The van der Waals surface area contributed by atoms with Gasteiger partial charge in [-0.2, -0.15) is 0 Å². The summed E-state index contributed by atoms with van der Waals surface area (Å²) in [5, 5.41) is 4.52. The van der Waals surface area contributed by atoms with Gasteiger partial charge in [0.25, 0.3) is 0 Å². The first-order valence-corrected chi connectivity index (χ1v) is 8.58. The minimum Gasteiger partial charge on any atom is -0.314 e. The molecular weight excluding hydrogens is 250 g/mol. The summed E-state index contributed by atoms with van der Waals surface area (Å²) in [6.07, 6.45) is 5.42. The second-order valence-corrected chi connectivity index (χ2v) is 7.82. The van der Waals surface area contributed by atoms with Crippen LogP contribution in [0.1, 0.15) is 38.7 Å². The quantitative estimate of drug-likeness (QED) is 0.838. The van der Waals surface area contributed by atoms with Gasteiger partial charge in [0.15, 0.2) is 0 Å². The molecule has 0 amide bonds. The van der Waals surface area contributed by atoms with Gasteiger partial charge in [0.2, 0.25) is 0 Å². The lowest BCUT2D eigenvalue weighted by Crippen LogP contribution is -2.29. The molecule has 2 heteroatoms. The number of hydrogen-bond acceptors (Lipinski definition) is 2. The summed E-state index contributed by atoms with van der Waals surface area (Å²) in [5.41, 5.74) is 1.56. The molecule has 2 aliphatic rings. The van der Waals surface area contributed by atoms with E-state index >= 15 is 0 Å². The van der Waals surface area contributed by atoms with Crippen molar-refractivity contribution in [2.75, 3.05) is 6.54 Å². The van der Waals surface area contributed by atoms with Gasteiger partial charge in [0.1, 0.15) is 0 Å². The zero-order valence-electron chi connectivity index (χ0n) is 12.1. The van der Waals surface area contributed by atoms with E-state index in [1.165, 1.54) is 37.1 Å². The highest BCUT2D eigenvalue weighted by atomic mass is 32.2. The van der Waals surface area contributed by atoms with Gasteiger partial charge in [-0.3, -0.25) is 0 Å². The van der Waals surface area contributed by atoms with E-state index in [9.17, 15) is 0 Å². The van der Waals surface area contributed by atoms with Crippen molar-refractivity contribution in [2.24, 2.45) is 11.8 Å². The van der Waals surface area contributed by atoms with Gasteiger partial charge in [-0.15, -0.1) is 11.8 Å². The molecule has 1 aromatic rings. The first kappa shape index (κ1) is 13.5. The Bertz CT molecular complexity index is 400. The van der Waals surface area contributed by atoms with E-state index in [-0.39, 0.29) is 0 Å². The SMILES string of the molecule is CC(C)C(CNC1CC1)CC1Cc2ccccc2S1. The monoisotopic (exact) mass is 275 g/mol. The summed E-state index contributed by atoms with van der Waals surface area (Å²) in [4.78, 5) is 1.52. The molecule has 0 aromatic heterocycles. The van der Waals surface area contributed by atoms with E-state index in [0.717, 1.165) is 23.1 Å². The van der Waals surface area contributed by atoms with Crippen molar-refractivity contribution in [2.45, 2.75) is 55.7 Å². The molecule has 2 unspecified atom stereocenters. The molecule has 19 heavy (non-hydrogen) atoms. The summed E-state index contributed by atoms with van der Waals surface area (Å²) in [6, 6.07) is 9.77. The molecule has 3 rings (SSSR count). The average Bonchev–Trinajstić information content (AvgIpc) is 3.12. The number of thioether (sulfide) groups is 1. The molecular formula is C17H25NS. The van der Waals surface area contributed by atoms with E-state index in [2.05, 4.69) is 55.2 Å². The first-order chi connectivity index (χ1) is 9.22. The zero-order valence-corrected chi connectivity index (χ0v) is 12.9. The van der Waals surface area contributed by atoms with Crippen LogP contribution in [0.5, 0.6) is 0 Å². The Kier molecular flexibility index (Phi) is 4.18. The van der Waals surface area contributed by atoms with Crippen molar-refractivity contribution in [1.29, 1.82) is 0 Å². The van der Waals surface area contributed by atoms with Crippen LogP contribution in [0.15, 0.2) is 29.2 Å². The van der Waals surface area contributed by atoms with Crippen molar-refractivity contribution in [1.82, 2.24) is 5.32 Å². The molecule has 1 aliphatic heterocycles. The van der Waals surface area contributed by atoms with Gasteiger partial charge >= 0.3 is 0 Å². The Morgan fingerprint density at radius 1 is 1.26 bits per heavy atom. The van der Waals surface area contributed by atoms with Crippen molar-refractivity contribution >= 4 is 11.8 Å². The van der Waals surface area contributed by atoms with Gasteiger partial charge in [-0.05, 0) is 55.7 Å². The molecule has 1 saturated carbocycles. The zero-order chi connectivity index (χ0) is 13.2. The fourth-order valence-electron chi connectivity index (χ4n) is 2.92. The van der Waals surface area contributed by atoms with Crippen LogP contribution < -0.4 is 5.32 Å². The number of hydrogen-bond donors (Lipinski definition) is 1. The highest BCUT2D eigenvalue weighted by Gasteiger charge is 2.28. The van der Waals surface area contributed by atoms with E-state index in [0.29, 0.717) is 0 Å². The minimum atomic E-state index is 0.788. The number of rotatable bonds is 6. The van der Waals surface area contributed by atoms with Crippen molar-refractivity contribution in [3.05, 3.63) is 29.8 Å². The lowest BCUT2D eigenvalue weighted by molar-refractivity contribution is 0.337. The van der Waals surface area contributed by atoms with Gasteiger partial charge in [0, 0.05) is 16.2 Å². The third-order valence-electron chi connectivity index (χ3n) is 4.47. The second-order valence-electron chi connectivity index (χ2n) is 6.47. The summed E-state index contributed by atoms with van der Waals surface area (Å²) in [5.74, 6) is 1.61. The molecule has 1 fully saturated rings. The number of fused-ring (bicyclic) bond motifs is 1. The second kappa shape index (κ2) is 5.88. The molecule has 104 valence electrons. The fraction of sp³-hybridized carbons (Fsp3) is 0.647. The highest BCUT2D eigenvalue weighted by molar-refractivity contribution is 8.00. The van der Waals surface area contributed by atoms with E-state index in [1.807, 2.05) is 0 Å². The Labute approximate surface area is 121 Å². The standard InChI is InChI=1S/C17H25NS/c1-12(2)14(11-18-15-7-8-15)10-16-9-13-5-3-4-6-17(13)19-16/h3-6,12,14-16,18H,7-11H2,1-2H3. The third kappa shape index (κ3) is 3.55. The van der Waals surface area contributed by atoms with Crippen molar-refractivity contribution < 1.29 is 0 Å². The van der Waals surface area contributed by atoms with Crippen LogP contribution in [0, 0.1) is 11.8 Å². The summed E-state index contributed by atoms with van der Waals surface area (Å²) >= 11 is 2.10. The topological polar surface area (TPSA) is 12.0 Å². The lowest BCUT2D eigenvalue weighted by atomic mass is 9.89. The molecule has 1 N–H and O–H groups in total. The van der Waals surface area contributed by atoms with Crippen LogP contribution in [0.4, 0.5) is 0 Å². The Morgan fingerprint density at radius 2 is 2.05 bits per heavy atom. The molecule has 1 aromatic carbocycles. The van der Waals surface area contributed by atoms with Crippen LogP contribution in [-0.2, 0) is 6.42 Å². The van der Waals surface area contributed by atoms with Crippen molar-refractivity contribution in [3.8, 4) is 0 Å². The Morgan fingerprint density at radius 3 is 2.74 bits per heavy atom. The maximum absolute atomic E-state index is 3.72. The van der Waals surface area contributed by atoms with Gasteiger partial charge in [0.05, 0.1) is 0 Å². The predicted molar refractivity (Wildman–Crippen MR) is 83.8 cm³/mol. The smallest absolute Gasteiger partial charge is 0.0138 e. The summed E-state index contributed by atoms with van der Waals surface area (Å²) in [6.45, 7) is 5.98. The minimum absolute atomic E-state index is 0.788. The van der Waals surface area contributed by atoms with Gasteiger partial charge < -0.3 is 5.32 Å². The average molecular weight is 275 g/mol. The van der Waals surface area contributed by atoms with E-state index in [1.54, 1.807) is 5.56 Å². The van der Waals surface area contributed by atoms with Crippen LogP contribution in [-0.4, -0.2) is 17.8 Å². The normalized spacial score (nSPS) is 23.6. The Hall–Kier alpha value is -0.470. The van der Waals surface area contributed by atoms with Crippen LogP contribution >= 0.6 is 11.8 Å². The molecule has 0 saturated heterocycles. The highest BCUT2D eigenvalue weighted by Crippen LogP contribution is 2.40. The molecule has 0 spiro atoms. The summed E-state index contributed by atoms with van der Waals surface area (Å²) < 4.78 is 0. The summed E-state index contributed by atoms with van der Waals surface area (Å²) in [7, 11) is 0. The number of nitrogens with one attached hydrogen (secondary N) is 1. The Balaban J connectivity index is 1.54. The third-order valence-corrected chi connectivity index (χ3v) is 5.81. The molecule has 1 aliphatic carbocycles. The van der Waals surface area contributed by atoms with E-state index < -0.39 is 0 Å². The van der Waals surface area contributed by atoms with Crippen LogP contribution in [0.3, 0.4) is 0 Å². The maximum Gasteiger partial charge on any atom is 0.0138 e. The van der Waals surface area contributed by atoms with Gasteiger partial charge in [-0.25, -0.2) is 0 Å². The molecule has 2 atom stereocenters.